The Labute approximate surface area is 591 Å². The molecule has 22 heteroatoms. The van der Waals surface area contributed by atoms with Crippen molar-refractivity contribution in [2.24, 2.45) is 0 Å². The minimum absolute atomic E-state index is 0.223. The van der Waals surface area contributed by atoms with Gasteiger partial charge in [0.1, 0.15) is 31.0 Å². The van der Waals surface area contributed by atoms with Gasteiger partial charge in [-0.3, -0.25) is 9.59 Å². The summed E-state index contributed by atoms with van der Waals surface area (Å²) >= 11 is 4.25. The lowest BCUT2D eigenvalue weighted by Crippen LogP contribution is -2.24. The molecule has 0 amide bonds. The molecule has 0 saturated heterocycles. The maximum Gasteiger partial charge on any atom is 0.338 e. The molecular weight excluding hydrogens is 1460 g/mol. The van der Waals surface area contributed by atoms with Crippen LogP contribution in [-0.4, -0.2) is 163 Å². The Morgan fingerprint density at radius 2 is 0.740 bits per heavy atom. The van der Waals surface area contributed by atoms with Gasteiger partial charge < -0.3 is 67.1 Å². The Kier molecular flexibility index (Phi) is 43.5. The number of esters is 4. The third kappa shape index (κ3) is 43.8. The lowest BCUT2D eigenvalue weighted by Gasteiger charge is -2.19. The number of carboxylic acids is 2. The van der Waals surface area contributed by atoms with Crippen molar-refractivity contribution >= 4 is 81.0 Å². The van der Waals surface area contributed by atoms with E-state index in [1.54, 1.807) is 60.7 Å². The van der Waals surface area contributed by atoms with Gasteiger partial charge >= 0.3 is 35.8 Å². The Morgan fingerprint density at radius 1 is 0.385 bits per heavy atom. The first kappa shape index (κ1) is 83.1. The van der Waals surface area contributed by atoms with Crippen LogP contribution in [0.1, 0.15) is 124 Å². The Morgan fingerprint density at radius 3 is 1.16 bits per heavy atom. The van der Waals surface area contributed by atoms with Gasteiger partial charge in [0.25, 0.3) is 0 Å². The summed E-state index contributed by atoms with van der Waals surface area (Å²) in [7, 11) is 0. The average Bonchev–Trinajstić information content (AvgIpc) is 1.24. The third-order valence-corrected chi connectivity index (χ3v) is 13.3. The molecule has 0 aliphatic rings. The topological polar surface area (TPSA) is 254 Å². The molecule has 0 aliphatic carbocycles. The van der Waals surface area contributed by atoms with Gasteiger partial charge in [-0.15, -0.1) is 0 Å². The van der Waals surface area contributed by atoms with E-state index in [-0.39, 0.29) is 49.9 Å². The number of halogens is 2. The monoisotopic (exact) mass is 1550 g/mol. The van der Waals surface area contributed by atoms with Crippen molar-refractivity contribution < 1.29 is 95.8 Å². The molecule has 0 aromatic heterocycles. The van der Waals surface area contributed by atoms with E-state index in [1.807, 2.05) is 139 Å². The Balaban J connectivity index is 0.000000366. The molecule has 0 bridgehead atoms. The van der Waals surface area contributed by atoms with Gasteiger partial charge in [0.15, 0.2) is 0 Å². The molecule has 6 aromatic rings. The van der Waals surface area contributed by atoms with Crippen molar-refractivity contribution in [3.63, 3.8) is 0 Å². The Hall–Kier alpha value is -7.16. The van der Waals surface area contributed by atoms with Crippen LogP contribution in [0, 0.1) is 19.0 Å². The summed E-state index contributed by atoms with van der Waals surface area (Å²) in [6.07, 6.45) is 2.05. The van der Waals surface area contributed by atoms with Crippen LogP contribution in [0.2, 0.25) is 0 Å². The molecule has 0 heterocycles. The fourth-order valence-electron chi connectivity index (χ4n) is 7.59. The van der Waals surface area contributed by atoms with Crippen molar-refractivity contribution in [3.05, 3.63) is 209 Å². The summed E-state index contributed by atoms with van der Waals surface area (Å²) in [6, 6.07) is 47.3. The maximum absolute atomic E-state index is 12.3. The third-order valence-electron chi connectivity index (χ3n) is 12.0. The van der Waals surface area contributed by atoms with Crippen molar-refractivity contribution in [2.75, 3.05) is 106 Å². The van der Waals surface area contributed by atoms with Crippen LogP contribution in [0.3, 0.4) is 0 Å². The van der Waals surface area contributed by atoms with E-state index in [0.29, 0.717) is 134 Å². The summed E-state index contributed by atoms with van der Waals surface area (Å²) in [6.45, 7) is 18.4. The summed E-state index contributed by atoms with van der Waals surface area (Å²) in [5.74, 6) is 2.92. The van der Waals surface area contributed by atoms with Gasteiger partial charge in [-0.25, -0.2) is 19.2 Å². The van der Waals surface area contributed by atoms with Gasteiger partial charge in [-0.1, -0.05) is 103 Å². The van der Waals surface area contributed by atoms with Gasteiger partial charge in [-0.2, -0.15) is 0 Å². The average molecular weight is 1550 g/mol. The van der Waals surface area contributed by atoms with Gasteiger partial charge in [0, 0.05) is 19.3 Å². The van der Waals surface area contributed by atoms with Crippen LogP contribution in [-0.2, 0) is 86.1 Å². The minimum Gasteiger partial charge on any atom is -0.478 e. The molecule has 0 aliphatic heterocycles. The van der Waals surface area contributed by atoms with Crippen LogP contribution in [0.5, 0.6) is 0 Å². The summed E-state index contributed by atoms with van der Waals surface area (Å²) in [5.41, 5.74) is 4.37. The Bertz CT molecular complexity index is 3250. The second-order valence-electron chi connectivity index (χ2n) is 22.5. The quantitative estimate of drug-likeness (QED) is 0.0121. The number of ether oxygens (including phenoxy) is 12. The summed E-state index contributed by atoms with van der Waals surface area (Å²) < 4.78 is 66.3. The highest BCUT2D eigenvalue weighted by Crippen LogP contribution is 2.14. The first-order chi connectivity index (χ1) is 46.1. The van der Waals surface area contributed by atoms with E-state index in [0.717, 1.165) is 36.7 Å². The van der Waals surface area contributed by atoms with Gasteiger partial charge in [0.05, 0.1) is 128 Å². The second-order valence-corrected chi connectivity index (χ2v) is 24.9. The number of rotatable bonds is 37. The van der Waals surface area contributed by atoms with Crippen LogP contribution in [0.25, 0.3) is 0 Å². The zero-order chi connectivity index (χ0) is 70.1. The van der Waals surface area contributed by atoms with E-state index < -0.39 is 23.1 Å². The number of aryl methyl sites for hydroxylation is 1. The molecule has 20 nitrogen and oxygen atoms in total. The van der Waals surface area contributed by atoms with Crippen molar-refractivity contribution in [1.29, 1.82) is 0 Å². The normalized spacial score (nSPS) is 10.8. The van der Waals surface area contributed by atoms with Crippen LogP contribution >= 0.6 is 45.2 Å². The van der Waals surface area contributed by atoms with E-state index in [1.165, 1.54) is 0 Å². The predicted molar refractivity (Wildman–Crippen MR) is 379 cm³/mol. The van der Waals surface area contributed by atoms with Crippen LogP contribution in [0.15, 0.2) is 158 Å². The zero-order valence-corrected chi connectivity index (χ0v) is 59.9. The number of hydrogen-bond donors (Lipinski definition) is 2. The van der Waals surface area contributed by atoms with Crippen molar-refractivity contribution in [3.8, 4) is 11.8 Å². The molecule has 0 unspecified atom stereocenters. The summed E-state index contributed by atoms with van der Waals surface area (Å²) in [5, 5.41) is 17.5. The highest BCUT2D eigenvalue weighted by atomic mass is 127. The summed E-state index contributed by atoms with van der Waals surface area (Å²) in [4.78, 5) is 68.4. The fourth-order valence-corrected chi connectivity index (χ4v) is 8.68. The number of aromatic carboxylic acids is 2. The number of carbonyl (C=O) groups excluding carboxylic acids is 4. The number of hydrogen-bond acceptors (Lipinski definition) is 18. The first-order valence-corrected chi connectivity index (χ1v) is 33.4. The SMILES string of the molecule is CC(C)(C)OC(=O)CCOCCOCCOCCOCC#Cc1cccc(C(=O)OCc2ccccc2)c1.CC(C)(C)OC(=O)CCOCCOCCOCCOCCCc1cccc(C(=O)O)c1.O=C(O)c1cccc(I)c1.O=C(OCc1ccccc1)c1cccc(I)c1. The smallest absolute Gasteiger partial charge is 0.338 e. The molecule has 520 valence electrons. The lowest BCUT2D eigenvalue weighted by molar-refractivity contribution is -0.157. The predicted octanol–water partition coefficient (Wildman–Crippen LogP) is 12.9. The second kappa shape index (κ2) is 50.2. The first-order valence-electron chi connectivity index (χ1n) is 31.2. The van der Waals surface area contributed by atoms with Crippen molar-refractivity contribution in [1.82, 2.24) is 0 Å². The van der Waals surface area contributed by atoms with E-state index in [4.69, 9.17) is 67.1 Å². The fraction of sp³-hybridized carbons (Fsp3) is 0.405. The molecule has 0 fully saturated rings. The zero-order valence-electron chi connectivity index (χ0n) is 55.6. The molecule has 6 aromatic carbocycles. The molecule has 0 spiro atoms. The van der Waals surface area contributed by atoms with Crippen molar-refractivity contribution in [2.45, 2.75) is 91.6 Å². The van der Waals surface area contributed by atoms with E-state index >= 15 is 0 Å². The molecule has 0 radical (unpaired) electrons. The molecular formula is C74H90I2O20. The number of carboxylic acid groups (broad SMARTS) is 2. The number of benzene rings is 6. The highest BCUT2D eigenvalue weighted by Gasteiger charge is 2.17. The largest absolute Gasteiger partial charge is 0.478 e. The van der Waals surface area contributed by atoms with Crippen LogP contribution in [0.4, 0.5) is 0 Å². The molecule has 96 heavy (non-hydrogen) atoms. The standard InChI is InChI=1S/C30H38O8.C23H36O8.C14H11IO2.C7H5IO2/c1-30(2,3)38-28(31)14-16-34-18-20-36-22-21-35-19-17-33-15-8-12-25-11-7-13-27(23-25)29(32)37-24-26-9-5-4-6-10-26;1-23(2,3)31-21(24)9-11-28-13-15-30-17-16-29-14-12-27-10-5-7-19-6-4-8-20(18-19)22(25)26;15-13-8-4-7-12(9-13)14(16)17-10-11-5-2-1-3-6-11;8-6-3-1-2-5(4-6)7(9)10/h4-7,9-11,13,23H,14-22,24H2,1-3H3;4,6,8,18H,5,7,9-17H2,1-3H3,(H,25,26);1-9H,10H2;1-4H,(H,9,10). The van der Waals surface area contributed by atoms with E-state index in [2.05, 4.69) is 57.0 Å². The molecule has 0 atom stereocenters. The molecule has 0 saturated carbocycles. The van der Waals surface area contributed by atoms with E-state index in [9.17, 15) is 28.8 Å². The van der Waals surface area contributed by atoms with Gasteiger partial charge in [0.2, 0.25) is 0 Å². The number of carbonyl (C=O) groups is 6. The highest BCUT2D eigenvalue weighted by molar-refractivity contribution is 14.1. The minimum atomic E-state index is -0.912. The van der Waals surface area contributed by atoms with Crippen LogP contribution < -0.4 is 0 Å². The molecule has 2 N–H and O–H groups in total. The lowest BCUT2D eigenvalue weighted by atomic mass is 10.1. The molecule has 6 rings (SSSR count). The maximum atomic E-state index is 12.3. The van der Waals surface area contributed by atoms with Gasteiger partial charge in [-0.05, 0) is 183 Å².